The summed E-state index contributed by atoms with van der Waals surface area (Å²) in [4.78, 5) is 15.3. The molecule has 4 rings (SSSR count). The third-order valence-electron chi connectivity index (χ3n) is 6.30. The van der Waals surface area contributed by atoms with Crippen molar-refractivity contribution in [2.24, 2.45) is 0 Å². The van der Waals surface area contributed by atoms with Crippen LogP contribution in [0.5, 0.6) is 0 Å². The molecule has 0 spiro atoms. The first-order valence-corrected chi connectivity index (χ1v) is 12.2. The van der Waals surface area contributed by atoms with Gasteiger partial charge in [0.25, 0.3) is 0 Å². The number of carbonyl (C=O) groups excluding carboxylic acids is 1. The van der Waals surface area contributed by atoms with Gasteiger partial charge in [0.2, 0.25) is 0 Å². The monoisotopic (exact) mass is 505 g/mol. The number of benzene rings is 3. The molecule has 3 aromatic carbocycles. The summed E-state index contributed by atoms with van der Waals surface area (Å²) in [6.07, 6.45) is 6.13. The summed E-state index contributed by atoms with van der Waals surface area (Å²) in [7, 11) is 0. The summed E-state index contributed by atoms with van der Waals surface area (Å²) < 4.78 is 5.76. The van der Waals surface area contributed by atoms with Gasteiger partial charge in [-0.2, -0.15) is 0 Å². The number of rotatable bonds is 7. The van der Waals surface area contributed by atoms with E-state index in [1.807, 2.05) is 0 Å². The van der Waals surface area contributed by atoms with E-state index in [2.05, 4.69) is 47.4 Å². The maximum absolute atomic E-state index is 12.7. The van der Waals surface area contributed by atoms with Crippen LogP contribution in [0.3, 0.4) is 0 Å². The van der Waals surface area contributed by atoms with Gasteiger partial charge in [0.05, 0.1) is 17.2 Å². The van der Waals surface area contributed by atoms with Crippen LogP contribution in [-0.2, 0) is 4.74 Å². The number of likely N-dealkylation sites (tertiary alicyclic amines) is 1. The predicted molar refractivity (Wildman–Crippen MR) is 140 cm³/mol. The van der Waals surface area contributed by atoms with Crippen LogP contribution < -0.4 is 0 Å². The van der Waals surface area contributed by atoms with Crippen LogP contribution in [0.25, 0.3) is 10.8 Å². The minimum Gasteiger partial charge on any atom is -0.461 e. The topological polar surface area (TPSA) is 29.5 Å². The minimum atomic E-state index is -0.410. The molecule has 176 valence electrons. The van der Waals surface area contributed by atoms with E-state index in [9.17, 15) is 4.79 Å². The van der Waals surface area contributed by atoms with E-state index in [1.54, 1.807) is 18.2 Å². The maximum Gasteiger partial charge on any atom is 0.339 e. The van der Waals surface area contributed by atoms with Gasteiger partial charge >= 0.3 is 5.97 Å². The Kier molecular flexibility index (Phi) is 9.88. The summed E-state index contributed by atoms with van der Waals surface area (Å²) in [5.41, 5.74) is 1.55. The number of fused-ring (bicyclic) bond motifs is 1. The number of ether oxygens (including phenoxy) is 1. The molecular weight excluding hydrogens is 477 g/mol. The zero-order chi connectivity index (χ0) is 22.3. The fraction of sp³-hybridized carbons (Fsp3) is 0.370. The van der Waals surface area contributed by atoms with E-state index in [-0.39, 0.29) is 18.3 Å². The van der Waals surface area contributed by atoms with Gasteiger partial charge in [-0.3, -0.25) is 0 Å². The number of halogens is 3. The van der Waals surface area contributed by atoms with Crippen LogP contribution in [-0.4, -0.2) is 37.1 Å². The van der Waals surface area contributed by atoms with Crippen LogP contribution >= 0.6 is 35.6 Å². The van der Waals surface area contributed by atoms with Crippen molar-refractivity contribution >= 4 is 52.4 Å². The molecule has 0 aromatic heterocycles. The van der Waals surface area contributed by atoms with E-state index >= 15 is 0 Å². The first-order valence-electron chi connectivity index (χ1n) is 11.4. The number of esters is 1. The van der Waals surface area contributed by atoms with Crippen molar-refractivity contribution in [1.82, 2.24) is 4.90 Å². The van der Waals surface area contributed by atoms with Crippen molar-refractivity contribution in [2.75, 3.05) is 26.2 Å². The van der Waals surface area contributed by atoms with Crippen LogP contribution in [0.1, 0.15) is 53.9 Å². The molecule has 1 unspecified atom stereocenters. The summed E-state index contributed by atoms with van der Waals surface area (Å²) in [5.74, 6) is -0.287. The molecule has 0 saturated carbocycles. The Bertz CT molecular complexity index is 1060. The van der Waals surface area contributed by atoms with E-state index in [0.717, 1.165) is 26.1 Å². The average molecular weight is 507 g/mol. The quantitative estimate of drug-likeness (QED) is 0.306. The molecule has 1 heterocycles. The van der Waals surface area contributed by atoms with Crippen LogP contribution in [0, 0.1) is 0 Å². The highest BCUT2D eigenvalue weighted by molar-refractivity contribution is 6.36. The van der Waals surface area contributed by atoms with E-state index < -0.39 is 5.97 Å². The summed E-state index contributed by atoms with van der Waals surface area (Å²) in [6, 6.07) is 19.8. The number of carbonyl (C=O) groups is 1. The second-order valence-corrected chi connectivity index (χ2v) is 9.41. The Labute approximate surface area is 212 Å². The van der Waals surface area contributed by atoms with Gasteiger partial charge in [0.15, 0.2) is 0 Å². The lowest BCUT2D eigenvalue weighted by molar-refractivity contribution is 0.0471. The maximum atomic E-state index is 12.7. The molecular formula is C27H30Cl3NO2. The highest BCUT2D eigenvalue weighted by Gasteiger charge is 2.19. The molecule has 1 aliphatic rings. The van der Waals surface area contributed by atoms with Gasteiger partial charge in [-0.05, 0) is 73.4 Å². The van der Waals surface area contributed by atoms with Crippen molar-refractivity contribution in [3.63, 3.8) is 0 Å². The molecule has 33 heavy (non-hydrogen) atoms. The van der Waals surface area contributed by atoms with Crippen LogP contribution in [0.15, 0.2) is 60.7 Å². The molecule has 6 heteroatoms. The van der Waals surface area contributed by atoms with Gasteiger partial charge in [-0.15, -0.1) is 12.4 Å². The fourth-order valence-electron chi connectivity index (χ4n) is 4.42. The Morgan fingerprint density at radius 3 is 2.36 bits per heavy atom. The second-order valence-electron chi connectivity index (χ2n) is 8.57. The Hall–Kier alpha value is -1.78. The number of nitrogens with zero attached hydrogens (tertiary/aromatic N) is 1. The largest absolute Gasteiger partial charge is 0.461 e. The second kappa shape index (κ2) is 12.6. The minimum absolute atomic E-state index is 0. The Morgan fingerprint density at radius 2 is 1.64 bits per heavy atom. The smallest absolute Gasteiger partial charge is 0.339 e. The molecule has 0 N–H and O–H groups in total. The normalized spacial score (nSPS) is 15.5. The van der Waals surface area contributed by atoms with Crippen molar-refractivity contribution in [1.29, 1.82) is 0 Å². The molecule has 1 atom stereocenters. The molecule has 0 amide bonds. The standard InChI is InChI=1S/C27H29Cl2NO2.ClH/c28-24-11-12-25(26(29)18-24)27(31)32-19-23(13-16-30-14-5-1-2-6-15-30)22-10-9-20-7-3-4-8-21(20)17-22;/h3-4,7-12,17-18,23H,1-2,5-6,13-16,19H2;1H. The fourth-order valence-corrected chi connectivity index (χ4v) is 4.90. The summed E-state index contributed by atoms with van der Waals surface area (Å²) in [5, 5.41) is 3.23. The molecule has 0 bridgehead atoms. The molecule has 3 aromatic rings. The van der Waals surface area contributed by atoms with Crippen LogP contribution in [0.4, 0.5) is 0 Å². The SMILES string of the molecule is Cl.O=C(OCC(CCN1CCCCCC1)c1ccc2ccccc2c1)c1ccc(Cl)cc1Cl. The third kappa shape index (κ3) is 7.10. The number of hydrogen-bond donors (Lipinski definition) is 0. The Morgan fingerprint density at radius 1 is 0.909 bits per heavy atom. The average Bonchev–Trinajstić information content (AvgIpc) is 3.07. The lowest BCUT2D eigenvalue weighted by Crippen LogP contribution is -2.28. The van der Waals surface area contributed by atoms with Crippen molar-refractivity contribution in [3.8, 4) is 0 Å². The van der Waals surface area contributed by atoms with Gasteiger partial charge in [0.1, 0.15) is 0 Å². The van der Waals surface area contributed by atoms with Gasteiger partial charge < -0.3 is 9.64 Å². The zero-order valence-electron chi connectivity index (χ0n) is 18.6. The molecule has 3 nitrogen and oxygen atoms in total. The lowest BCUT2D eigenvalue weighted by atomic mass is 9.94. The first kappa shape index (κ1) is 25.8. The zero-order valence-corrected chi connectivity index (χ0v) is 21.0. The molecule has 0 radical (unpaired) electrons. The summed E-state index contributed by atoms with van der Waals surface area (Å²) in [6.45, 7) is 3.65. The third-order valence-corrected chi connectivity index (χ3v) is 6.85. The molecule has 0 aliphatic carbocycles. The molecule has 1 saturated heterocycles. The summed E-state index contributed by atoms with van der Waals surface area (Å²) >= 11 is 12.2. The molecule has 1 aliphatic heterocycles. The predicted octanol–water partition coefficient (Wildman–Crippen LogP) is 7.78. The van der Waals surface area contributed by atoms with Gasteiger partial charge in [-0.25, -0.2) is 4.79 Å². The lowest BCUT2D eigenvalue weighted by Gasteiger charge is -2.24. The Balaban J connectivity index is 0.00000306. The number of hydrogen-bond acceptors (Lipinski definition) is 3. The van der Waals surface area contributed by atoms with Crippen molar-refractivity contribution < 1.29 is 9.53 Å². The van der Waals surface area contributed by atoms with E-state index in [1.165, 1.54) is 42.0 Å². The highest BCUT2D eigenvalue weighted by Crippen LogP contribution is 2.27. The van der Waals surface area contributed by atoms with Crippen molar-refractivity contribution in [3.05, 3.63) is 81.8 Å². The van der Waals surface area contributed by atoms with E-state index in [0.29, 0.717) is 22.2 Å². The first-order chi connectivity index (χ1) is 15.6. The highest BCUT2D eigenvalue weighted by atomic mass is 35.5. The van der Waals surface area contributed by atoms with Crippen LogP contribution in [0.2, 0.25) is 10.0 Å². The molecule has 1 fully saturated rings. The van der Waals surface area contributed by atoms with Gasteiger partial charge in [-0.1, -0.05) is 78.5 Å². The van der Waals surface area contributed by atoms with Crippen molar-refractivity contribution in [2.45, 2.75) is 38.0 Å². The van der Waals surface area contributed by atoms with Gasteiger partial charge in [0, 0.05) is 10.9 Å². The van der Waals surface area contributed by atoms with E-state index in [4.69, 9.17) is 27.9 Å².